The van der Waals surface area contributed by atoms with Gasteiger partial charge in [-0.1, -0.05) is 24.3 Å². The summed E-state index contributed by atoms with van der Waals surface area (Å²) in [5.41, 5.74) is 1.90. The molecule has 0 unspecified atom stereocenters. The zero-order valence-electron chi connectivity index (χ0n) is 17.6. The van der Waals surface area contributed by atoms with Crippen molar-refractivity contribution in [2.75, 3.05) is 26.2 Å². The molecular weight excluding hydrogens is 422 g/mol. The van der Waals surface area contributed by atoms with Crippen molar-refractivity contribution in [3.05, 3.63) is 42.4 Å². The van der Waals surface area contributed by atoms with E-state index in [4.69, 9.17) is 9.15 Å². The molecule has 2 aliphatic rings. The van der Waals surface area contributed by atoms with Crippen LogP contribution < -0.4 is 16.0 Å². The fourth-order valence-electron chi connectivity index (χ4n) is 4.30. The number of halogens is 2. The van der Waals surface area contributed by atoms with Gasteiger partial charge < -0.3 is 30.2 Å². The summed E-state index contributed by atoms with van der Waals surface area (Å²) in [6.45, 7) is 0.623. The van der Waals surface area contributed by atoms with Crippen molar-refractivity contribution in [2.24, 2.45) is 5.92 Å². The normalized spacial score (nSPS) is 27.2. The van der Waals surface area contributed by atoms with E-state index < -0.39 is 30.1 Å². The van der Waals surface area contributed by atoms with Crippen molar-refractivity contribution in [1.29, 1.82) is 0 Å². The fraction of sp³-hybridized carbons (Fsp3) is 0.545. The maximum atomic E-state index is 13.9. The van der Waals surface area contributed by atoms with Gasteiger partial charge in [-0.2, -0.15) is 0 Å². The van der Waals surface area contributed by atoms with Gasteiger partial charge in [-0.15, -0.1) is 0 Å². The Kier molecular flexibility index (Phi) is 7.02. The highest BCUT2D eigenvalue weighted by Crippen LogP contribution is 2.31. The number of aliphatic hydroxyl groups is 1. The summed E-state index contributed by atoms with van der Waals surface area (Å²) in [5, 5.41) is 18.7. The average molecular weight is 450 g/mol. The van der Waals surface area contributed by atoms with Gasteiger partial charge in [-0.25, -0.2) is 18.6 Å². The minimum Gasteiger partial charge on any atom is -0.444 e. The molecule has 2 fully saturated rings. The zero-order chi connectivity index (χ0) is 22.6. The number of amides is 1. The lowest BCUT2D eigenvalue weighted by Crippen LogP contribution is -2.47. The number of ether oxygens (including phenoxy) is 1. The maximum absolute atomic E-state index is 13.9. The smallest absolute Gasteiger partial charge is 0.407 e. The molecule has 1 amide bonds. The van der Waals surface area contributed by atoms with Gasteiger partial charge in [0.05, 0.1) is 18.8 Å². The molecule has 2 aliphatic heterocycles. The summed E-state index contributed by atoms with van der Waals surface area (Å²) >= 11 is 0. The summed E-state index contributed by atoms with van der Waals surface area (Å²) in [4.78, 5) is 16.1. The first-order chi connectivity index (χ1) is 15.4. The lowest BCUT2D eigenvalue weighted by molar-refractivity contribution is -0.0756. The van der Waals surface area contributed by atoms with E-state index in [1.807, 2.05) is 24.3 Å². The molecule has 4 N–H and O–H groups in total. The Labute approximate surface area is 184 Å². The van der Waals surface area contributed by atoms with Gasteiger partial charge in [0, 0.05) is 24.6 Å². The number of alkyl carbamates (subject to hydrolysis) is 1. The van der Waals surface area contributed by atoms with Crippen molar-refractivity contribution in [1.82, 2.24) is 20.9 Å². The first kappa shape index (κ1) is 22.6. The van der Waals surface area contributed by atoms with E-state index in [1.165, 1.54) is 6.39 Å². The quantitative estimate of drug-likeness (QED) is 0.511. The zero-order valence-corrected chi connectivity index (χ0v) is 17.6. The van der Waals surface area contributed by atoms with Crippen LogP contribution in [0.1, 0.15) is 18.4 Å². The highest BCUT2D eigenvalue weighted by atomic mass is 19.3. The SMILES string of the molecule is O=C(NCC[C@@H]1CCNCC1(F)F)O[C@@H]1[C@@H](O)CN[C@@H]1Cc1ccc(-c2cnco2)cc1. The van der Waals surface area contributed by atoms with Gasteiger partial charge >= 0.3 is 6.09 Å². The van der Waals surface area contributed by atoms with Crippen molar-refractivity contribution < 1.29 is 27.8 Å². The lowest BCUT2D eigenvalue weighted by atomic mass is 9.91. The minimum absolute atomic E-state index is 0.100. The standard InChI is InChI=1S/C22H28F2N4O4/c23-22(24)12-25-7-5-16(22)6-8-27-21(30)32-20-17(28-10-18(20)29)9-14-1-3-15(4-2-14)19-11-26-13-31-19/h1-4,11,13,16-18,20,25,28-29H,5-10,12H2,(H,27,30)/t16-,17+,18-,20-/m0/s1. The van der Waals surface area contributed by atoms with E-state index in [0.717, 1.165) is 11.1 Å². The maximum Gasteiger partial charge on any atom is 0.407 e. The number of carbonyl (C=O) groups is 1. The number of hydrogen-bond donors (Lipinski definition) is 4. The number of carbonyl (C=O) groups excluding carboxylic acids is 1. The number of nitrogens with one attached hydrogen (secondary N) is 3. The molecule has 4 atom stereocenters. The monoisotopic (exact) mass is 450 g/mol. The molecule has 1 aromatic heterocycles. The Morgan fingerprint density at radius 1 is 1.34 bits per heavy atom. The molecule has 10 heteroatoms. The predicted molar refractivity (Wildman–Crippen MR) is 112 cm³/mol. The van der Waals surface area contributed by atoms with Gasteiger partial charge in [-0.05, 0) is 31.4 Å². The number of piperidine rings is 1. The van der Waals surface area contributed by atoms with Crippen LogP contribution in [0.3, 0.4) is 0 Å². The number of β-amino-alcohol motifs (C(OH)–C–C–N with tert-alkyl or cyclic N) is 1. The molecule has 0 spiro atoms. The summed E-state index contributed by atoms with van der Waals surface area (Å²) in [6, 6.07) is 7.46. The van der Waals surface area contributed by atoms with Gasteiger partial charge in [0.15, 0.2) is 12.2 Å². The number of nitrogens with zero attached hydrogens (tertiary/aromatic N) is 1. The second-order valence-electron chi connectivity index (χ2n) is 8.36. The topological polar surface area (TPSA) is 109 Å². The fourth-order valence-corrected chi connectivity index (χ4v) is 4.30. The van der Waals surface area contributed by atoms with Crippen LogP contribution in [0.2, 0.25) is 0 Å². The Bertz CT molecular complexity index is 879. The summed E-state index contributed by atoms with van der Waals surface area (Å²) < 4.78 is 38.5. The third kappa shape index (κ3) is 5.43. The predicted octanol–water partition coefficient (Wildman–Crippen LogP) is 1.95. The Balaban J connectivity index is 1.27. The lowest BCUT2D eigenvalue weighted by Gasteiger charge is -2.31. The molecule has 8 nitrogen and oxygen atoms in total. The Hall–Kier alpha value is -2.56. The van der Waals surface area contributed by atoms with Crippen molar-refractivity contribution in [2.45, 2.75) is 43.4 Å². The highest BCUT2D eigenvalue weighted by molar-refractivity contribution is 5.67. The summed E-state index contributed by atoms with van der Waals surface area (Å²) in [5.74, 6) is -2.87. The molecule has 3 heterocycles. The van der Waals surface area contributed by atoms with Gasteiger partial charge in [0.2, 0.25) is 0 Å². The van der Waals surface area contributed by atoms with E-state index in [2.05, 4.69) is 20.9 Å². The number of hydrogen-bond acceptors (Lipinski definition) is 7. The minimum atomic E-state index is -2.77. The summed E-state index contributed by atoms with van der Waals surface area (Å²) in [6.07, 6.45) is 1.82. The first-order valence-corrected chi connectivity index (χ1v) is 10.8. The van der Waals surface area contributed by atoms with Gasteiger partial charge in [0.1, 0.15) is 12.2 Å². The van der Waals surface area contributed by atoms with E-state index in [1.54, 1.807) is 6.20 Å². The highest BCUT2D eigenvalue weighted by Gasteiger charge is 2.41. The molecule has 2 aromatic rings. The number of rotatable bonds is 7. The molecule has 0 aliphatic carbocycles. The van der Waals surface area contributed by atoms with Crippen LogP contribution in [0.25, 0.3) is 11.3 Å². The van der Waals surface area contributed by atoms with Crippen molar-refractivity contribution >= 4 is 6.09 Å². The largest absolute Gasteiger partial charge is 0.444 e. The Morgan fingerprint density at radius 2 is 2.16 bits per heavy atom. The van der Waals surface area contributed by atoms with E-state index in [0.29, 0.717) is 31.7 Å². The van der Waals surface area contributed by atoms with E-state index >= 15 is 0 Å². The van der Waals surface area contributed by atoms with Crippen LogP contribution in [0.15, 0.2) is 41.3 Å². The van der Waals surface area contributed by atoms with Crippen LogP contribution in [-0.4, -0.2) is 66.5 Å². The van der Waals surface area contributed by atoms with Gasteiger partial charge in [0.25, 0.3) is 5.92 Å². The third-order valence-corrected chi connectivity index (χ3v) is 6.12. The number of alkyl halides is 2. The number of benzene rings is 1. The molecule has 0 saturated carbocycles. The van der Waals surface area contributed by atoms with Crippen molar-refractivity contribution in [3.63, 3.8) is 0 Å². The van der Waals surface area contributed by atoms with Crippen LogP contribution in [-0.2, 0) is 11.2 Å². The van der Waals surface area contributed by atoms with Crippen LogP contribution in [0.5, 0.6) is 0 Å². The molecule has 0 bridgehead atoms. The molecule has 4 rings (SSSR count). The molecule has 0 radical (unpaired) electrons. The van der Waals surface area contributed by atoms with Crippen LogP contribution in [0.4, 0.5) is 13.6 Å². The third-order valence-electron chi connectivity index (χ3n) is 6.12. The Morgan fingerprint density at radius 3 is 2.88 bits per heavy atom. The molecule has 174 valence electrons. The molecule has 2 saturated heterocycles. The van der Waals surface area contributed by atoms with Gasteiger partial charge in [-0.3, -0.25) is 0 Å². The number of aromatic nitrogens is 1. The second-order valence-corrected chi connectivity index (χ2v) is 8.36. The van der Waals surface area contributed by atoms with Crippen molar-refractivity contribution in [3.8, 4) is 11.3 Å². The molecular formula is C22H28F2N4O4. The van der Waals surface area contributed by atoms with Crippen LogP contribution >= 0.6 is 0 Å². The summed E-state index contributed by atoms with van der Waals surface area (Å²) in [7, 11) is 0. The second kappa shape index (κ2) is 9.93. The first-order valence-electron chi connectivity index (χ1n) is 10.8. The molecule has 1 aromatic carbocycles. The van der Waals surface area contributed by atoms with E-state index in [-0.39, 0.29) is 25.6 Å². The van der Waals surface area contributed by atoms with Crippen LogP contribution in [0, 0.1) is 5.92 Å². The molecule has 32 heavy (non-hydrogen) atoms. The van der Waals surface area contributed by atoms with E-state index in [9.17, 15) is 18.7 Å². The average Bonchev–Trinajstić information content (AvgIpc) is 3.42. The number of oxazole rings is 1. The number of aliphatic hydroxyl groups excluding tert-OH is 1.